The number of hydrogen-bond donors (Lipinski definition) is 1. The van der Waals surface area contributed by atoms with E-state index in [0.29, 0.717) is 5.41 Å². The lowest BCUT2D eigenvalue weighted by Crippen LogP contribution is -2.49. The van der Waals surface area contributed by atoms with Gasteiger partial charge in [0.2, 0.25) is 0 Å². The van der Waals surface area contributed by atoms with E-state index in [-0.39, 0.29) is 5.54 Å². The van der Waals surface area contributed by atoms with E-state index in [2.05, 4.69) is 38.0 Å². The van der Waals surface area contributed by atoms with Crippen LogP contribution in [0.15, 0.2) is 0 Å². The quantitative estimate of drug-likeness (QED) is 0.811. The molecule has 1 aliphatic heterocycles. The zero-order chi connectivity index (χ0) is 14.6. The number of hydrogen-bond acceptors (Lipinski definition) is 3. The van der Waals surface area contributed by atoms with Gasteiger partial charge in [-0.05, 0) is 53.0 Å². The molecule has 3 heteroatoms. The van der Waals surface area contributed by atoms with Crippen LogP contribution in [-0.2, 0) is 4.74 Å². The van der Waals surface area contributed by atoms with E-state index >= 15 is 0 Å². The lowest BCUT2D eigenvalue weighted by molar-refractivity contribution is 0.107. The smallest absolute Gasteiger partial charge is 0.0547 e. The van der Waals surface area contributed by atoms with Crippen molar-refractivity contribution in [2.24, 2.45) is 11.3 Å². The van der Waals surface area contributed by atoms with Gasteiger partial charge in [0.25, 0.3) is 0 Å². The zero-order valence-electron chi connectivity index (χ0n) is 14.0. The molecule has 1 heterocycles. The van der Waals surface area contributed by atoms with Gasteiger partial charge in [-0.15, -0.1) is 0 Å². The second-order valence-corrected chi connectivity index (χ2v) is 8.25. The molecule has 0 bridgehead atoms. The maximum absolute atomic E-state index is 5.73. The molecular formula is C17H34N2O. The molecule has 0 aromatic heterocycles. The SMILES string of the molecule is CN(CC1CCCC1)CC1(CNC(C)(C)C)CCOC1. The normalized spacial score (nSPS) is 28.6. The van der Waals surface area contributed by atoms with Crippen LogP contribution in [0, 0.1) is 11.3 Å². The average molecular weight is 282 g/mol. The topological polar surface area (TPSA) is 24.5 Å². The second-order valence-electron chi connectivity index (χ2n) is 8.25. The minimum absolute atomic E-state index is 0.194. The lowest BCUT2D eigenvalue weighted by atomic mass is 9.85. The Hall–Kier alpha value is -0.120. The molecule has 1 N–H and O–H groups in total. The Morgan fingerprint density at radius 1 is 1.25 bits per heavy atom. The highest BCUT2D eigenvalue weighted by atomic mass is 16.5. The Morgan fingerprint density at radius 2 is 1.95 bits per heavy atom. The number of rotatable bonds is 6. The summed E-state index contributed by atoms with van der Waals surface area (Å²) in [5.74, 6) is 0.940. The zero-order valence-corrected chi connectivity index (χ0v) is 14.0. The molecule has 0 radical (unpaired) electrons. The Labute approximate surface area is 125 Å². The molecule has 2 rings (SSSR count). The number of nitrogens with one attached hydrogen (secondary N) is 1. The molecule has 2 aliphatic rings. The van der Waals surface area contributed by atoms with Crippen LogP contribution < -0.4 is 5.32 Å². The molecule has 1 atom stereocenters. The molecule has 20 heavy (non-hydrogen) atoms. The summed E-state index contributed by atoms with van der Waals surface area (Å²) in [5.41, 5.74) is 0.514. The predicted octanol–water partition coefficient (Wildman–Crippen LogP) is 2.90. The summed E-state index contributed by atoms with van der Waals surface area (Å²) in [7, 11) is 2.30. The largest absolute Gasteiger partial charge is 0.381 e. The van der Waals surface area contributed by atoms with Gasteiger partial charge in [-0.3, -0.25) is 0 Å². The maximum Gasteiger partial charge on any atom is 0.0547 e. The van der Waals surface area contributed by atoms with Crippen molar-refractivity contribution >= 4 is 0 Å². The molecule has 1 saturated carbocycles. The molecule has 0 aromatic carbocycles. The average Bonchev–Trinajstić information content (AvgIpc) is 2.98. The molecule has 3 nitrogen and oxygen atoms in total. The first-order valence-corrected chi connectivity index (χ1v) is 8.40. The van der Waals surface area contributed by atoms with Gasteiger partial charge in [0.15, 0.2) is 0 Å². The van der Waals surface area contributed by atoms with Gasteiger partial charge in [0.1, 0.15) is 0 Å². The van der Waals surface area contributed by atoms with Crippen LogP contribution in [0.25, 0.3) is 0 Å². The summed E-state index contributed by atoms with van der Waals surface area (Å²) in [5, 5.41) is 3.70. The third kappa shape index (κ3) is 5.01. The highest BCUT2D eigenvalue weighted by Gasteiger charge is 2.37. The van der Waals surface area contributed by atoms with Crippen molar-refractivity contribution in [3.63, 3.8) is 0 Å². The van der Waals surface area contributed by atoms with Crippen LogP contribution in [0.2, 0.25) is 0 Å². The highest BCUT2D eigenvalue weighted by Crippen LogP contribution is 2.31. The summed E-state index contributed by atoms with van der Waals surface area (Å²) >= 11 is 0. The van der Waals surface area contributed by atoms with Gasteiger partial charge in [0, 0.05) is 37.2 Å². The van der Waals surface area contributed by atoms with Crippen LogP contribution in [0.1, 0.15) is 52.9 Å². The van der Waals surface area contributed by atoms with Crippen molar-refractivity contribution in [3.8, 4) is 0 Å². The van der Waals surface area contributed by atoms with E-state index in [1.54, 1.807) is 0 Å². The first-order chi connectivity index (χ1) is 9.39. The summed E-state index contributed by atoms with van der Waals surface area (Å²) in [6.07, 6.45) is 6.96. The summed E-state index contributed by atoms with van der Waals surface area (Å²) in [6, 6.07) is 0. The van der Waals surface area contributed by atoms with Crippen LogP contribution in [0.4, 0.5) is 0 Å². The van der Waals surface area contributed by atoms with Crippen molar-refractivity contribution in [1.29, 1.82) is 0 Å². The molecule has 0 amide bonds. The minimum Gasteiger partial charge on any atom is -0.381 e. The van der Waals surface area contributed by atoms with Gasteiger partial charge in [0.05, 0.1) is 6.61 Å². The maximum atomic E-state index is 5.73. The van der Waals surface area contributed by atoms with Gasteiger partial charge >= 0.3 is 0 Å². The Morgan fingerprint density at radius 3 is 2.50 bits per heavy atom. The predicted molar refractivity (Wildman–Crippen MR) is 85.1 cm³/mol. The van der Waals surface area contributed by atoms with Crippen molar-refractivity contribution in [1.82, 2.24) is 10.2 Å². The van der Waals surface area contributed by atoms with Crippen LogP contribution in [-0.4, -0.2) is 50.3 Å². The Bertz CT molecular complexity index is 286. The second kappa shape index (κ2) is 6.76. The highest BCUT2D eigenvalue weighted by molar-refractivity contribution is 4.90. The van der Waals surface area contributed by atoms with E-state index in [9.17, 15) is 0 Å². The molecule has 1 aliphatic carbocycles. The van der Waals surface area contributed by atoms with Gasteiger partial charge in [-0.1, -0.05) is 12.8 Å². The third-order valence-corrected chi connectivity index (χ3v) is 4.83. The Kier molecular flexibility index (Phi) is 5.49. The Balaban J connectivity index is 1.84. The molecule has 2 fully saturated rings. The van der Waals surface area contributed by atoms with Crippen molar-refractivity contribution in [2.45, 2.75) is 58.4 Å². The van der Waals surface area contributed by atoms with Crippen LogP contribution in [0.3, 0.4) is 0 Å². The number of nitrogens with zero attached hydrogens (tertiary/aromatic N) is 1. The van der Waals surface area contributed by atoms with Gasteiger partial charge in [-0.2, -0.15) is 0 Å². The molecule has 0 aromatic rings. The lowest BCUT2D eigenvalue weighted by Gasteiger charge is -2.36. The first-order valence-electron chi connectivity index (χ1n) is 8.40. The summed E-state index contributed by atoms with van der Waals surface area (Å²) < 4.78 is 5.73. The monoisotopic (exact) mass is 282 g/mol. The van der Waals surface area contributed by atoms with Gasteiger partial charge < -0.3 is 15.0 Å². The fourth-order valence-corrected chi connectivity index (χ4v) is 3.69. The molecule has 1 saturated heterocycles. The van der Waals surface area contributed by atoms with E-state index in [4.69, 9.17) is 4.74 Å². The van der Waals surface area contributed by atoms with Crippen LogP contribution in [0.5, 0.6) is 0 Å². The van der Waals surface area contributed by atoms with Crippen LogP contribution >= 0.6 is 0 Å². The van der Waals surface area contributed by atoms with Crippen molar-refractivity contribution in [2.75, 3.05) is 39.9 Å². The minimum atomic E-state index is 0.194. The first kappa shape index (κ1) is 16.3. The molecule has 118 valence electrons. The number of ether oxygens (including phenoxy) is 1. The van der Waals surface area contributed by atoms with Crippen molar-refractivity contribution in [3.05, 3.63) is 0 Å². The molecular weight excluding hydrogens is 248 g/mol. The summed E-state index contributed by atoms with van der Waals surface area (Å²) in [4.78, 5) is 2.56. The van der Waals surface area contributed by atoms with E-state index < -0.39 is 0 Å². The standard InChI is InChI=1S/C17H34N2O/c1-16(2,3)18-12-17(9-10-20-14-17)13-19(4)11-15-7-5-6-8-15/h15,18H,5-14H2,1-4H3. The van der Waals surface area contributed by atoms with E-state index in [0.717, 1.165) is 25.7 Å². The fraction of sp³-hybridized carbons (Fsp3) is 1.00. The van der Waals surface area contributed by atoms with E-state index in [1.165, 1.54) is 45.2 Å². The van der Waals surface area contributed by atoms with Crippen molar-refractivity contribution < 1.29 is 4.74 Å². The summed E-state index contributed by atoms with van der Waals surface area (Å²) in [6.45, 7) is 12.1. The fourth-order valence-electron chi connectivity index (χ4n) is 3.69. The van der Waals surface area contributed by atoms with Gasteiger partial charge in [-0.25, -0.2) is 0 Å². The van der Waals surface area contributed by atoms with E-state index in [1.807, 2.05) is 0 Å². The molecule has 0 spiro atoms. The third-order valence-electron chi connectivity index (χ3n) is 4.83. The molecule has 1 unspecified atom stereocenters.